The van der Waals surface area contributed by atoms with Crippen LogP contribution in [0.15, 0.2) is 71.8 Å². The molecule has 0 amide bonds. The van der Waals surface area contributed by atoms with Crippen LogP contribution in [0.25, 0.3) is 34.2 Å². The molecule has 284 valence electrons. The van der Waals surface area contributed by atoms with Gasteiger partial charge in [-0.15, -0.1) is 0 Å². The Bertz CT molecular complexity index is 2400. The normalized spacial score (nSPS) is 22.3. The van der Waals surface area contributed by atoms with Crippen LogP contribution in [0.4, 0.5) is 11.4 Å². The van der Waals surface area contributed by atoms with E-state index < -0.39 is 0 Å². The summed E-state index contributed by atoms with van der Waals surface area (Å²) in [7, 11) is 0. The number of hydrogen-bond acceptors (Lipinski definition) is 4. The lowest BCUT2D eigenvalue weighted by molar-refractivity contribution is 0.370. The number of rotatable bonds is 4. The standard InChI is InChI=1S/C52H56N4/c1-51(2)29-35(20-43(31-51)41-24-37-9-5-15-55-16-6-10-38(25-41)49(37)55)19-34-13-14-48-47(23-34)45(33-53)28-46(54-48)22-36-21-44(32-52(3,4)30-36)42-26-39-11-7-17-56-18-8-12-40(27-42)50(39)56/h13-14,19-28H,5-12,15-18,29-32H2,1-4H3. The zero-order valence-electron chi connectivity index (χ0n) is 34.0. The number of aryl methyl sites for hydroxylation is 4. The smallest absolute Gasteiger partial charge is 0.0999 e. The van der Waals surface area contributed by atoms with E-state index in [-0.39, 0.29) is 10.8 Å². The Labute approximate surface area is 334 Å². The maximum atomic E-state index is 10.5. The monoisotopic (exact) mass is 736 g/mol. The molecule has 0 fully saturated rings. The molecule has 5 heterocycles. The summed E-state index contributed by atoms with van der Waals surface area (Å²) in [4.78, 5) is 10.4. The molecule has 4 heteroatoms. The van der Waals surface area contributed by atoms with Crippen molar-refractivity contribution in [2.45, 2.75) is 105 Å². The maximum absolute atomic E-state index is 10.5. The van der Waals surface area contributed by atoms with Gasteiger partial charge in [-0.3, -0.25) is 0 Å². The molecule has 0 saturated heterocycles. The van der Waals surface area contributed by atoms with Crippen molar-refractivity contribution in [1.29, 1.82) is 5.26 Å². The first-order chi connectivity index (χ1) is 27.1. The Morgan fingerprint density at radius 1 is 0.607 bits per heavy atom. The van der Waals surface area contributed by atoms with Crippen molar-refractivity contribution < 1.29 is 0 Å². The molecule has 1 aromatic heterocycles. The Morgan fingerprint density at radius 2 is 1.09 bits per heavy atom. The third-order valence-corrected chi connectivity index (χ3v) is 13.5. The molecule has 10 rings (SSSR count). The van der Waals surface area contributed by atoms with E-state index >= 15 is 0 Å². The topological polar surface area (TPSA) is 43.2 Å². The van der Waals surface area contributed by atoms with E-state index in [1.54, 1.807) is 27.9 Å². The average molecular weight is 737 g/mol. The SMILES string of the molecule is CC1(C)CC(=Cc2ccc3nc(C=C4C=C(c5cc6c7c(c5)CCCN7CCC6)CC(C)(C)C4)cc(C#N)c3c2)C=C(c2cc3c4c(c2)CCCN4CCC3)C1. The molecular formula is C52H56N4. The summed E-state index contributed by atoms with van der Waals surface area (Å²) >= 11 is 0. The van der Waals surface area contributed by atoms with Crippen LogP contribution in [0, 0.1) is 22.2 Å². The largest absolute Gasteiger partial charge is 0.371 e. The van der Waals surface area contributed by atoms with Crippen LogP contribution in [0.5, 0.6) is 0 Å². The van der Waals surface area contributed by atoms with Crippen molar-refractivity contribution >= 4 is 45.6 Å². The van der Waals surface area contributed by atoms with Gasteiger partial charge in [0.2, 0.25) is 0 Å². The summed E-state index contributed by atoms with van der Waals surface area (Å²) < 4.78 is 0. The van der Waals surface area contributed by atoms with Crippen molar-refractivity contribution in [1.82, 2.24) is 4.98 Å². The first-order valence-electron chi connectivity index (χ1n) is 21.6. The van der Waals surface area contributed by atoms with E-state index in [1.165, 1.54) is 117 Å². The summed E-state index contributed by atoms with van der Waals surface area (Å²) in [6.45, 7) is 14.4. The highest BCUT2D eigenvalue weighted by molar-refractivity contribution is 5.89. The van der Waals surface area contributed by atoms with Crippen LogP contribution in [0.3, 0.4) is 0 Å². The molecule has 0 spiro atoms. The van der Waals surface area contributed by atoms with Gasteiger partial charge in [0, 0.05) is 42.9 Å². The van der Waals surface area contributed by atoms with Gasteiger partial charge in [-0.1, -0.05) is 52.0 Å². The summed E-state index contributed by atoms with van der Waals surface area (Å²) in [6, 6.07) is 21.1. The summed E-state index contributed by atoms with van der Waals surface area (Å²) in [6.07, 6.45) is 23.5. The van der Waals surface area contributed by atoms with Crippen molar-refractivity contribution in [2.75, 3.05) is 36.0 Å². The van der Waals surface area contributed by atoms with Crippen molar-refractivity contribution in [3.8, 4) is 6.07 Å². The number of allylic oxidation sites excluding steroid dienone is 6. The molecule has 0 radical (unpaired) electrons. The number of benzene rings is 3. The molecule has 0 bridgehead atoms. The third-order valence-electron chi connectivity index (χ3n) is 13.5. The fourth-order valence-corrected chi connectivity index (χ4v) is 11.4. The number of nitrogens with zero attached hydrogens (tertiary/aromatic N) is 4. The van der Waals surface area contributed by atoms with Gasteiger partial charge >= 0.3 is 0 Å². The second-order valence-corrected chi connectivity index (χ2v) is 19.5. The number of hydrogen-bond donors (Lipinski definition) is 0. The van der Waals surface area contributed by atoms with Crippen LogP contribution < -0.4 is 9.80 Å². The zero-order chi connectivity index (χ0) is 38.2. The molecule has 6 aliphatic rings. The Balaban J connectivity index is 0.970. The molecule has 0 saturated carbocycles. The second-order valence-electron chi connectivity index (χ2n) is 19.5. The highest BCUT2D eigenvalue weighted by Gasteiger charge is 2.31. The molecule has 4 aromatic rings. The van der Waals surface area contributed by atoms with Gasteiger partial charge in [0.1, 0.15) is 0 Å². The molecule has 4 nitrogen and oxygen atoms in total. The first kappa shape index (κ1) is 35.5. The predicted molar refractivity (Wildman–Crippen MR) is 235 cm³/mol. The number of fused-ring (bicyclic) bond motifs is 1. The lowest BCUT2D eigenvalue weighted by atomic mass is 9.73. The predicted octanol–water partition coefficient (Wildman–Crippen LogP) is 12.1. The number of nitriles is 1. The van der Waals surface area contributed by atoms with Crippen molar-refractivity contribution in [3.05, 3.63) is 122 Å². The molecule has 3 aromatic carbocycles. The van der Waals surface area contributed by atoms with Crippen LogP contribution in [0.1, 0.15) is 129 Å². The lowest BCUT2D eigenvalue weighted by Crippen LogP contribution is -2.34. The fourth-order valence-electron chi connectivity index (χ4n) is 11.4. The van der Waals surface area contributed by atoms with Gasteiger partial charge in [-0.25, -0.2) is 4.98 Å². The Kier molecular flexibility index (Phi) is 8.66. The molecule has 0 N–H and O–H groups in total. The lowest BCUT2D eigenvalue weighted by Gasteiger charge is -2.38. The number of aromatic nitrogens is 1. The minimum Gasteiger partial charge on any atom is -0.371 e. The average Bonchev–Trinajstić information content (AvgIpc) is 3.17. The zero-order valence-corrected chi connectivity index (χ0v) is 34.0. The van der Waals surface area contributed by atoms with Crippen molar-refractivity contribution in [2.24, 2.45) is 10.8 Å². The number of anilines is 2. The van der Waals surface area contributed by atoms with E-state index in [4.69, 9.17) is 4.98 Å². The highest BCUT2D eigenvalue weighted by atomic mass is 15.1. The van der Waals surface area contributed by atoms with Crippen molar-refractivity contribution in [3.63, 3.8) is 0 Å². The Hall–Kier alpha value is -4.88. The van der Waals surface area contributed by atoms with Gasteiger partial charge in [0.25, 0.3) is 0 Å². The molecule has 0 atom stereocenters. The van der Waals surface area contributed by atoms with E-state index in [1.807, 2.05) is 6.07 Å². The summed E-state index contributed by atoms with van der Waals surface area (Å²) in [5.74, 6) is 0. The molecule has 2 aliphatic carbocycles. The van der Waals surface area contributed by atoms with Crippen LogP contribution >= 0.6 is 0 Å². The molecule has 4 aliphatic heterocycles. The van der Waals surface area contributed by atoms with E-state index in [0.717, 1.165) is 47.8 Å². The maximum Gasteiger partial charge on any atom is 0.0999 e. The minimum absolute atomic E-state index is 0.145. The second kappa shape index (κ2) is 13.7. The summed E-state index contributed by atoms with van der Waals surface area (Å²) in [5.41, 5.74) is 21.6. The van der Waals surface area contributed by atoms with Gasteiger partial charge in [0.15, 0.2) is 0 Å². The number of pyridine rings is 1. The van der Waals surface area contributed by atoms with Crippen LogP contribution in [0.2, 0.25) is 0 Å². The highest BCUT2D eigenvalue weighted by Crippen LogP contribution is 2.47. The quantitative estimate of drug-likeness (QED) is 0.209. The van der Waals surface area contributed by atoms with E-state index in [9.17, 15) is 5.26 Å². The van der Waals surface area contributed by atoms with Gasteiger partial charge in [-0.2, -0.15) is 5.26 Å². The molecular weight excluding hydrogens is 681 g/mol. The first-order valence-corrected chi connectivity index (χ1v) is 21.6. The van der Waals surface area contributed by atoms with Gasteiger partial charge in [-0.05, 0) is 198 Å². The molecule has 0 unspecified atom stereocenters. The van der Waals surface area contributed by atoms with Crippen LogP contribution in [-0.2, 0) is 25.7 Å². The minimum atomic E-state index is 0.145. The van der Waals surface area contributed by atoms with Gasteiger partial charge in [0.05, 0.1) is 22.8 Å². The Morgan fingerprint density at radius 3 is 1.57 bits per heavy atom. The molecule has 56 heavy (non-hydrogen) atoms. The summed E-state index contributed by atoms with van der Waals surface area (Å²) in [5, 5.41) is 11.4. The van der Waals surface area contributed by atoms with Gasteiger partial charge < -0.3 is 9.80 Å². The fraction of sp³-hybridized carbons (Fsp3) is 0.423. The van der Waals surface area contributed by atoms with E-state index in [0.29, 0.717) is 5.56 Å². The third kappa shape index (κ3) is 6.72. The van der Waals surface area contributed by atoms with E-state index in [2.05, 4.69) is 110 Å². The van der Waals surface area contributed by atoms with Crippen LogP contribution in [-0.4, -0.2) is 31.2 Å².